The lowest BCUT2D eigenvalue weighted by atomic mass is 10.2. The van der Waals surface area contributed by atoms with Gasteiger partial charge in [0.25, 0.3) is 0 Å². The van der Waals surface area contributed by atoms with Crippen molar-refractivity contribution < 1.29 is 0 Å². The highest BCUT2D eigenvalue weighted by atomic mass is 32.1. The Morgan fingerprint density at radius 1 is 1.33 bits per heavy atom. The average molecular weight is 218 g/mol. The molecule has 0 amide bonds. The summed E-state index contributed by atoms with van der Waals surface area (Å²) < 4.78 is 1.37. The van der Waals surface area contributed by atoms with E-state index >= 15 is 0 Å². The van der Waals surface area contributed by atoms with Crippen LogP contribution in [0.25, 0.3) is 10.1 Å². The summed E-state index contributed by atoms with van der Waals surface area (Å²) in [7, 11) is 0. The first kappa shape index (κ1) is 9.19. The second kappa shape index (κ2) is 3.83. The van der Waals surface area contributed by atoms with Gasteiger partial charge in [0, 0.05) is 28.1 Å². The highest BCUT2D eigenvalue weighted by Gasteiger charge is 2.15. The third kappa shape index (κ3) is 1.73. The van der Waals surface area contributed by atoms with Crippen LogP contribution in [0.2, 0.25) is 0 Å². The maximum atomic E-state index is 3.61. The van der Waals surface area contributed by atoms with E-state index in [4.69, 9.17) is 0 Å². The second-order valence-electron chi connectivity index (χ2n) is 3.98. The Kier molecular flexibility index (Phi) is 2.35. The van der Waals surface area contributed by atoms with Crippen LogP contribution < -0.4 is 10.6 Å². The van der Waals surface area contributed by atoms with E-state index in [0.29, 0.717) is 6.04 Å². The Morgan fingerprint density at radius 2 is 2.27 bits per heavy atom. The molecule has 1 saturated heterocycles. The Labute approximate surface area is 93.3 Å². The molecule has 1 fully saturated rings. The number of rotatable bonds is 2. The van der Waals surface area contributed by atoms with Crippen LogP contribution in [0.1, 0.15) is 6.42 Å². The molecule has 0 saturated carbocycles. The van der Waals surface area contributed by atoms with E-state index in [-0.39, 0.29) is 0 Å². The SMILES string of the molecule is c1ccc2c(NC3CCNC3)csc2c1. The van der Waals surface area contributed by atoms with E-state index in [9.17, 15) is 0 Å². The van der Waals surface area contributed by atoms with Crippen LogP contribution >= 0.6 is 11.3 Å². The standard InChI is InChI=1S/C12H14N2S/c1-2-4-12-10(3-1)11(8-15-12)14-9-5-6-13-7-9/h1-4,8-9,13-14H,5-7H2. The average Bonchev–Trinajstić information content (AvgIpc) is 2.89. The van der Waals surface area contributed by atoms with Crippen LogP contribution in [-0.4, -0.2) is 19.1 Å². The molecule has 0 radical (unpaired) electrons. The van der Waals surface area contributed by atoms with Crippen LogP contribution in [0.15, 0.2) is 29.6 Å². The Balaban J connectivity index is 1.90. The van der Waals surface area contributed by atoms with Gasteiger partial charge in [0.2, 0.25) is 0 Å². The van der Waals surface area contributed by atoms with Gasteiger partial charge in [0.15, 0.2) is 0 Å². The molecular weight excluding hydrogens is 204 g/mol. The molecule has 2 aromatic rings. The van der Waals surface area contributed by atoms with Crippen LogP contribution in [0, 0.1) is 0 Å². The van der Waals surface area contributed by atoms with E-state index in [1.54, 1.807) is 0 Å². The van der Waals surface area contributed by atoms with Gasteiger partial charge >= 0.3 is 0 Å². The van der Waals surface area contributed by atoms with Crippen molar-refractivity contribution >= 4 is 27.1 Å². The minimum atomic E-state index is 0.600. The lowest BCUT2D eigenvalue weighted by molar-refractivity contribution is 0.795. The van der Waals surface area contributed by atoms with Gasteiger partial charge in [-0.15, -0.1) is 11.3 Å². The van der Waals surface area contributed by atoms with Crippen molar-refractivity contribution in [1.29, 1.82) is 0 Å². The van der Waals surface area contributed by atoms with Crippen LogP contribution in [0.3, 0.4) is 0 Å². The van der Waals surface area contributed by atoms with E-state index in [1.807, 2.05) is 11.3 Å². The highest BCUT2D eigenvalue weighted by Crippen LogP contribution is 2.30. The molecule has 1 unspecified atom stereocenters. The van der Waals surface area contributed by atoms with Gasteiger partial charge in [-0.1, -0.05) is 18.2 Å². The molecule has 3 rings (SSSR count). The summed E-state index contributed by atoms with van der Waals surface area (Å²) in [6.45, 7) is 2.23. The van der Waals surface area contributed by atoms with Crippen molar-refractivity contribution in [3.63, 3.8) is 0 Å². The molecule has 3 heteroatoms. The first-order valence-corrected chi connectivity index (χ1v) is 6.25. The summed E-state index contributed by atoms with van der Waals surface area (Å²) in [5.74, 6) is 0. The van der Waals surface area contributed by atoms with Crippen molar-refractivity contribution in [2.24, 2.45) is 0 Å². The van der Waals surface area contributed by atoms with Crippen LogP contribution in [0.4, 0.5) is 5.69 Å². The summed E-state index contributed by atoms with van der Waals surface area (Å²) in [4.78, 5) is 0. The quantitative estimate of drug-likeness (QED) is 0.810. The maximum absolute atomic E-state index is 3.61. The molecule has 0 bridgehead atoms. The van der Waals surface area contributed by atoms with Gasteiger partial charge in [0.05, 0.1) is 5.69 Å². The van der Waals surface area contributed by atoms with Gasteiger partial charge in [0.1, 0.15) is 0 Å². The predicted octanol–water partition coefficient (Wildman–Crippen LogP) is 2.68. The molecule has 1 aromatic carbocycles. The molecule has 1 aromatic heterocycles. The van der Waals surface area contributed by atoms with Gasteiger partial charge in [-0.2, -0.15) is 0 Å². The van der Waals surface area contributed by atoms with Crippen molar-refractivity contribution in [3.8, 4) is 0 Å². The third-order valence-electron chi connectivity index (χ3n) is 2.90. The lowest BCUT2D eigenvalue weighted by Crippen LogP contribution is -2.21. The Hall–Kier alpha value is -1.06. The molecular formula is C12H14N2S. The molecule has 0 aliphatic carbocycles. The maximum Gasteiger partial charge on any atom is 0.0531 e. The molecule has 2 heterocycles. The Morgan fingerprint density at radius 3 is 3.13 bits per heavy atom. The van der Waals surface area contributed by atoms with Crippen LogP contribution in [-0.2, 0) is 0 Å². The molecule has 78 valence electrons. The fraction of sp³-hybridized carbons (Fsp3) is 0.333. The number of benzene rings is 1. The van der Waals surface area contributed by atoms with Crippen molar-refractivity contribution in [3.05, 3.63) is 29.6 Å². The van der Waals surface area contributed by atoms with Crippen molar-refractivity contribution in [2.45, 2.75) is 12.5 Å². The fourth-order valence-electron chi connectivity index (χ4n) is 2.09. The van der Waals surface area contributed by atoms with E-state index < -0.39 is 0 Å². The number of fused-ring (bicyclic) bond motifs is 1. The number of anilines is 1. The molecule has 1 aliphatic heterocycles. The lowest BCUT2D eigenvalue weighted by Gasteiger charge is -2.11. The third-order valence-corrected chi connectivity index (χ3v) is 3.86. The zero-order chi connectivity index (χ0) is 10.1. The van der Waals surface area contributed by atoms with Gasteiger partial charge in [-0.3, -0.25) is 0 Å². The van der Waals surface area contributed by atoms with Gasteiger partial charge in [-0.25, -0.2) is 0 Å². The highest BCUT2D eigenvalue weighted by molar-refractivity contribution is 7.17. The predicted molar refractivity (Wildman–Crippen MR) is 66.7 cm³/mol. The van der Waals surface area contributed by atoms with Gasteiger partial charge in [-0.05, 0) is 19.0 Å². The van der Waals surface area contributed by atoms with E-state index in [0.717, 1.165) is 13.1 Å². The first-order chi connectivity index (χ1) is 7.43. The monoisotopic (exact) mass is 218 g/mol. The molecule has 1 aliphatic rings. The normalized spacial score (nSPS) is 20.9. The summed E-state index contributed by atoms with van der Waals surface area (Å²) in [6.07, 6.45) is 1.23. The molecule has 1 atom stereocenters. The minimum Gasteiger partial charge on any atom is -0.380 e. The zero-order valence-corrected chi connectivity index (χ0v) is 9.31. The molecule has 2 nitrogen and oxygen atoms in total. The largest absolute Gasteiger partial charge is 0.380 e. The fourth-order valence-corrected chi connectivity index (χ4v) is 2.99. The molecule has 15 heavy (non-hydrogen) atoms. The number of hydrogen-bond donors (Lipinski definition) is 2. The second-order valence-corrected chi connectivity index (χ2v) is 4.89. The minimum absolute atomic E-state index is 0.600. The topological polar surface area (TPSA) is 24.1 Å². The summed E-state index contributed by atoms with van der Waals surface area (Å²) >= 11 is 1.81. The first-order valence-electron chi connectivity index (χ1n) is 5.37. The van der Waals surface area contributed by atoms with E-state index in [1.165, 1.54) is 22.2 Å². The number of hydrogen-bond acceptors (Lipinski definition) is 3. The summed E-state index contributed by atoms with van der Waals surface area (Å²) in [6, 6.07) is 9.17. The van der Waals surface area contributed by atoms with Crippen LogP contribution in [0.5, 0.6) is 0 Å². The van der Waals surface area contributed by atoms with Crippen molar-refractivity contribution in [2.75, 3.05) is 18.4 Å². The number of nitrogens with one attached hydrogen (secondary N) is 2. The number of thiophene rings is 1. The smallest absolute Gasteiger partial charge is 0.0531 e. The van der Waals surface area contributed by atoms with E-state index in [2.05, 4.69) is 40.3 Å². The van der Waals surface area contributed by atoms with Gasteiger partial charge < -0.3 is 10.6 Å². The Bertz CT molecular complexity index is 457. The summed E-state index contributed by atoms with van der Waals surface area (Å²) in [5.41, 5.74) is 1.30. The molecule has 0 spiro atoms. The van der Waals surface area contributed by atoms with Crippen molar-refractivity contribution in [1.82, 2.24) is 5.32 Å². The zero-order valence-electron chi connectivity index (χ0n) is 8.49. The summed E-state index contributed by atoms with van der Waals surface area (Å²) in [5, 5.41) is 10.6. The molecule has 2 N–H and O–H groups in total.